The minimum absolute atomic E-state index is 0.00211. The van der Waals surface area contributed by atoms with Crippen molar-refractivity contribution >= 4 is 11.9 Å². The number of esters is 1. The number of hydrogen-bond acceptors (Lipinski definition) is 5. The van der Waals surface area contributed by atoms with Gasteiger partial charge in [0.05, 0.1) is 12.7 Å². The van der Waals surface area contributed by atoms with Crippen molar-refractivity contribution in [2.24, 2.45) is 4.99 Å². The molecule has 0 aromatic carbocycles. The molecule has 2 N–H and O–H groups in total. The zero-order valence-corrected chi connectivity index (χ0v) is 15.5. The lowest BCUT2D eigenvalue weighted by atomic mass is 10.2. The molecule has 1 unspecified atom stereocenters. The van der Waals surface area contributed by atoms with E-state index in [9.17, 15) is 4.79 Å². The van der Waals surface area contributed by atoms with E-state index in [-0.39, 0.29) is 18.6 Å². The molecule has 7 heteroatoms. The maximum Gasteiger partial charge on any atom is 0.328 e. The number of carbonyl (C=O) groups excluding carboxylic acids is 1. The Labute approximate surface area is 145 Å². The zero-order valence-electron chi connectivity index (χ0n) is 15.5. The molecule has 0 radical (unpaired) electrons. The summed E-state index contributed by atoms with van der Waals surface area (Å²) in [5.41, 5.74) is -0.487. The van der Waals surface area contributed by atoms with Crippen LogP contribution in [0.25, 0.3) is 0 Å². The number of nitrogens with zero attached hydrogens (tertiary/aromatic N) is 1. The first-order valence-corrected chi connectivity index (χ1v) is 8.84. The Morgan fingerprint density at radius 2 is 2.12 bits per heavy atom. The minimum atomic E-state index is -0.487. The van der Waals surface area contributed by atoms with E-state index in [1.807, 2.05) is 27.7 Å². The smallest absolute Gasteiger partial charge is 0.328 e. The van der Waals surface area contributed by atoms with E-state index in [4.69, 9.17) is 14.2 Å². The van der Waals surface area contributed by atoms with Crippen molar-refractivity contribution in [3.05, 3.63) is 0 Å². The minimum Gasteiger partial charge on any atom is -0.459 e. The van der Waals surface area contributed by atoms with Gasteiger partial charge in [-0.15, -0.1) is 0 Å². The van der Waals surface area contributed by atoms with E-state index < -0.39 is 5.60 Å². The first-order chi connectivity index (χ1) is 11.4. The fourth-order valence-corrected chi connectivity index (χ4v) is 2.23. The third-order valence-corrected chi connectivity index (χ3v) is 3.22. The summed E-state index contributed by atoms with van der Waals surface area (Å²) in [7, 11) is 0. The molecular formula is C17H33N3O4. The Bertz CT molecular complexity index is 388. The summed E-state index contributed by atoms with van der Waals surface area (Å²) >= 11 is 0. The molecule has 1 rings (SSSR count). The number of aliphatic imine (C=N–C) groups is 1. The van der Waals surface area contributed by atoms with E-state index >= 15 is 0 Å². The van der Waals surface area contributed by atoms with Crippen LogP contribution in [-0.2, 0) is 19.0 Å². The maximum absolute atomic E-state index is 11.7. The van der Waals surface area contributed by atoms with Crippen LogP contribution < -0.4 is 10.6 Å². The van der Waals surface area contributed by atoms with Crippen molar-refractivity contribution in [1.29, 1.82) is 0 Å². The summed E-state index contributed by atoms with van der Waals surface area (Å²) < 4.78 is 16.4. The van der Waals surface area contributed by atoms with Crippen molar-refractivity contribution in [3.8, 4) is 0 Å². The SMILES string of the molecule is CCNC(=NCC(=O)OC(C)(C)C)NCCCOCC1CCCO1. The van der Waals surface area contributed by atoms with Gasteiger partial charge in [-0.3, -0.25) is 4.79 Å². The molecule has 140 valence electrons. The molecule has 1 aliphatic rings. The van der Waals surface area contributed by atoms with Crippen molar-refractivity contribution in [1.82, 2.24) is 10.6 Å². The molecule has 1 fully saturated rings. The van der Waals surface area contributed by atoms with Crippen molar-refractivity contribution < 1.29 is 19.0 Å². The van der Waals surface area contributed by atoms with E-state index in [2.05, 4.69) is 15.6 Å². The molecule has 0 amide bonds. The highest BCUT2D eigenvalue weighted by Crippen LogP contribution is 2.11. The van der Waals surface area contributed by atoms with Gasteiger partial charge in [0.2, 0.25) is 0 Å². The second-order valence-corrected chi connectivity index (χ2v) is 6.77. The van der Waals surface area contributed by atoms with E-state index in [1.54, 1.807) is 0 Å². The van der Waals surface area contributed by atoms with Gasteiger partial charge in [0, 0.05) is 26.3 Å². The Balaban J connectivity index is 2.17. The highest BCUT2D eigenvalue weighted by Gasteiger charge is 2.16. The van der Waals surface area contributed by atoms with Gasteiger partial charge >= 0.3 is 5.97 Å². The summed E-state index contributed by atoms with van der Waals surface area (Å²) in [4.78, 5) is 15.9. The van der Waals surface area contributed by atoms with Gasteiger partial charge in [-0.25, -0.2) is 4.99 Å². The second kappa shape index (κ2) is 11.3. The predicted molar refractivity (Wildman–Crippen MR) is 94.2 cm³/mol. The molecule has 0 spiro atoms. The second-order valence-electron chi connectivity index (χ2n) is 6.77. The highest BCUT2D eigenvalue weighted by atomic mass is 16.6. The normalized spacial score (nSPS) is 18.5. The van der Waals surface area contributed by atoms with E-state index in [1.165, 1.54) is 0 Å². The van der Waals surface area contributed by atoms with Crippen LogP contribution in [0, 0.1) is 0 Å². The van der Waals surface area contributed by atoms with Crippen LogP contribution in [0.1, 0.15) is 47.0 Å². The quantitative estimate of drug-likeness (QED) is 0.286. The van der Waals surface area contributed by atoms with Crippen LogP contribution in [0.4, 0.5) is 0 Å². The molecule has 0 aromatic heterocycles. The Morgan fingerprint density at radius 3 is 2.75 bits per heavy atom. The standard InChI is InChI=1S/C17H33N3O4/c1-5-18-16(20-12-15(21)24-17(2,3)4)19-9-7-10-22-13-14-8-6-11-23-14/h14H,5-13H2,1-4H3,(H2,18,19,20). The molecule has 1 saturated heterocycles. The fourth-order valence-electron chi connectivity index (χ4n) is 2.23. The van der Waals surface area contributed by atoms with Crippen LogP contribution in [0.3, 0.4) is 0 Å². The molecule has 1 aliphatic heterocycles. The number of hydrogen-bond donors (Lipinski definition) is 2. The molecule has 0 aromatic rings. The lowest BCUT2D eigenvalue weighted by molar-refractivity contribution is -0.152. The van der Waals surface area contributed by atoms with Crippen molar-refractivity contribution in [3.63, 3.8) is 0 Å². The Kier molecular flexibility index (Phi) is 9.71. The molecule has 0 bridgehead atoms. The zero-order chi connectivity index (χ0) is 17.8. The predicted octanol–water partition coefficient (Wildman–Crippen LogP) is 1.47. The summed E-state index contributed by atoms with van der Waals surface area (Å²) in [6.07, 6.45) is 3.37. The van der Waals surface area contributed by atoms with Crippen LogP contribution in [0.5, 0.6) is 0 Å². The van der Waals surface area contributed by atoms with Gasteiger partial charge < -0.3 is 24.8 Å². The third kappa shape index (κ3) is 10.4. The molecule has 0 saturated carbocycles. The molecular weight excluding hydrogens is 310 g/mol. The van der Waals surface area contributed by atoms with Gasteiger partial charge in [-0.1, -0.05) is 0 Å². The number of rotatable bonds is 9. The molecule has 1 heterocycles. The van der Waals surface area contributed by atoms with E-state index in [0.29, 0.717) is 19.2 Å². The first kappa shape index (κ1) is 20.7. The average Bonchev–Trinajstić information content (AvgIpc) is 2.99. The molecule has 0 aliphatic carbocycles. The van der Waals surface area contributed by atoms with Gasteiger partial charge in [0.1, 0.15) is 12.1 Å². The van der Waals surface area contributed by atoms with E-state index in [0.717, 1.165) is 39.0 Å². The van der Waals surface area contributed by atoms with Crippen LogP contribution in [-0.4, -0.2) is 63.1 Å². The van der Waals surface area contributed by atoms with Gasteiger partial charge in [-0.2, -0.15) is 0 Å². The van der Waals surface area contributed by atoms with Crippen molar-refractivity contribution in [2.45, 2.75) is 58.7 Å². The van der Waals surface area contributed by atoms with Gasteiger partial charge in [0.25, 0.3) is 0 Å². The van der Waals surface area contributed by atoms with Crippen LogP contribution in [0.2, 0.25) is 0 Å². The maximum atomic E-state index is 11.7. The number of guanidine groups is 1. The van der Waals surface area contributed by atoms with Gasteiger partial charge in [0.15, 0.2) is 5.96 Å². The van der Waals surface area contributed by atoms with Gasteiger partial charge in [-0.05, 0) is 47.0 Å². The molecule has 7 nitrogen and oxygen atoms in total. The summed E-state index contributed by atoms with van der Waals surface area (Å²) in [6, 6.07) is 0. The highest BCUT2D eigenvalue weighted by molar-refractivity contribution is 5.83. The molecule has 1 atom stereocenters. The largest absolute Gasteiger partial charge is 0.459 e. The fraction of sp³-hybridized carbons (Fsp3) is 0.882. The Morgan fingerprint density at radius 1 is 1.33 bits per heavy atom. The first-order valence-electron chi connectivity index (χ1n) is 8.84. The van der Waals surface area contributed by atoms with Crippen LogP contribution in [0.15, 0.2) is 4.99 Å². The number of nitrogens with one attached hydrogen (secondary N) is 2. The topological polar surface area (TPSA) is 81.2 Å². The Hall–Kier alpha value is -1.34. The van der Waals surface area contributed by atoms with Crippen molar-refractivity contribution in [2.75, 3.05) is 39.5 Å². The summed E-state index contributed by atoms with van der Waals surface area (Å²) in [5.74, 6) is 0.280. The van der Waals surface area contributed by atoms with Crippen LogP contribution >= 0.6 is 0 Å². The number of carbonyl (C=O) groups is 1. The summed E-state index contributed by atoms with van der Waals surface area (Å²) in [5, 5.41) is 6.29. The molecule has 24 heavy (non-hydrogen) atoms. The lowest BCUT2D eigenvalue weighted by Gasteiger charge is -2.19. The summed E-state index contributed by atoms with van der Waals surface area (Å²) in [6.45, 7) is 11.2. The lowest BCUT2D eigenvalue weighted by Crippen LogP contribution is -2.38. The number of ether oxygens (including phenoxy) is 3. The third-order valence-electron chi connectivity index (χ3n) is 3.22. The average molecular weight is 343 g/mol. The monoisotopic (exact) mass is 343 g/mol.